The number of aromatic nitrogens is 1. The van der Waals surface area contributed by atoms with Gasteiger partial charge >= 0.3 is 0 Å². The van der Waals surface area contributed by atoms with Gasteiger partial charge in [0.05, 0.1) is 5.56 Å². The maximum absolute atomic E-state index is 13.8. The summed E-state index contributed by atoms with van der Waals surface area (Å²) in [6.07, 6.45) is 4.48. The zero-order valence-electron chi connectivity index (χ0n) is 11.8. The van der Waals surface area contributed by atoms with Crippen molar-refractivity contribution in [2.75, 3.05) is 25.0 Å². The average Bonchev–Trinajstić information content (AvgIpc) is 2.46. The lowest BCUT2D eigenvalue weighted by Crippen LogP contribution is -2.43. The molecule has 20 heavy (non-hydrogen) atoms. The topological polar surface area (TPSA) is 45.2 Å². The Morgan fingerprint density at radius 1 is 1.45 bits per heavy atom. The molecule has 0 radical (unpaired) electrons. The van der Waals surface area contributed by atoms with Crippen LogP contribution >= 0.6 is 0 Å². The summed E-state index contributed by atoms with van der Waals surface area (Å²) in [4.78, 5) is 18.5. The van der Waals surface area contributed by atoms with Gasteiger partial charge in [-0.2, -0.15) is 0 Å². The summed E-state index contributed by atoms with van der Waals surface area (Å²) in [5, 5.41) is 3.23. The Morgan fingerprint density at radius 2 is 2.20 bits per heavy atom. The molecule has 1 fully saturated rings. The van der Waals surface area contributed by atoms with Crippen molar-refractivity contribution in [3.05, 3.63) is 23.4 Å². The molecule has 0 bridgehead atoms. The summed E-state index contributed by atoms with van der Waals surface area (Å²) in [7, 11) is 0. The second-order valence-electron chi connectivity index (χ2n) is 5.97. The molecule has 2 aliphatic rings. The molecule has 1 amide bonds. The molecule has 4 nitrogen and oxygen atoms in total. The third-order valence-electron chi connectivity index (χ3n) is 4.22. The number of amides is 1. The molecule has 1 aromatic rings. The largest absolute Gasteiger partial charge is 0.370 e. The normalized spacial score (nSPS) is 21.0. The van der Waals surface area contributed by atoms with Gasteiger partial charge in [0.25, 0.3) is 5.91 Å². The molecule has 0 saturated carbocycles. The standard InChI is InChI=1S/C15H20FN3O/c1-15(16)4-7-19(8-5-15)14(20)12-9-11-3-2-6-17-13(11)18-10-12/h9-10H,2-8H2,1H3,(H,17,18). The fraction of sp³-hybridized carbons (Fsp3) is 0.600. The maximum Gasteiger partial charge on any atom is 0.255 e. The van der Waals surface area contributed by atoms with Gasteiger partial charge in [0.1, 0.15) is 11.5 Å². The van der Waals surface area contributed by atoms with E-state index in [9.17, 15) is 9.18 Å². The number of fused-ring (bicyclic) bond motifs is 1. The third-order valence-corrected chi connectivity index (χ3v) is 4.22. The van der Waals surface area contributed by atoms with Crippen LogP contribution in [0.5, 0.6) is 0 Å². The van der Waals surface area contributed by atoms with Gasteiger partial charge in [0, 0.05) is 25.8 Å². The van der Waals surface area contributed by atoms with E-state index in [0.717, 1.165) is 30.8 Å². The van der Waals surface area contributed by atoms with Crippen molar-refractivity contribution in [2.24, 2.45) is 0 Å². The average molecular weight is 277 g/mol. The quantitative estimate of drug-likeness (QED) is 0.857. The number of alkyl halides is 1. The molecule has 1 saturated heterocycles. The molecular weight excluding hydrogens is 257 g/mol. The highest BCUT2D eigenvalue weighted by Crippen LogP contribution is 2.27. The minimum atomic E-state index is -1.13. The molecule has 1 aromatic heterocycles. The van der Waals surface area contributed by atoms with Crippen LogP contribution in [0.2, 0.25) is 0 Å². The number of nitrogens with zero attached hydrogens (tertiary/aromatic N) is 2. The van der Waals surface area contributed by atoms with Crippen LogP contribution in [0.3, 0.4) is 0 Å². The predicted octanol–water partition coefficient (Wildman–Crippen LogP) is 2.40. The fourth-order valence-electron chi connectivity index (χ4n) is 2.82. The van der Waals surface area contributed by atoms with Crippen molar-refractivity contribution in [3.63, 3.8) is 0 Å². The van der Waals surface area contributed by atoms with Crippen LogP contribution in [0.4, 0.5) is 10.2 Å². The lowest BCUT2D eigenvalue weighted by Gasteiger charge is -2.34. The highest BCUT2D eigenvalue weighted by atomic mass is 19.1. The minimum absolute atomic E-state index is 0.0265. The van der Waals surface area contributed by atoms with Gasteiger partial charge in [-0.25, -0.2) is 9.37 Å². The van der Waals surface area contributed by atoms with Crippen LogP contribution in [-0.4, -0.2) is 41.1 Å². The SMILES string of the molecule is CC1(F)CCN(C(=O)c2cnc3c(c2)CCCN3)CC1. The summed E-state index contributed by atoms with van der Waals surface area (Å²) in [6, 6.07) is 1.93. The fourth-order valence-corrected chi connectivity index (χ4v) is 2.82. The molecule has 3 rings (SSSR count). The Bertz CT molecular complexity index is 520. The summed E-state index contributed by atoms with van der Waals surface area (Å²) < 4.78 is 13.8. The van der Waals surface area contributed by atoms with Crippen LogP contribution in [0, 0.1) is 0 Å². The van der Waals surface area contributed by atoms with Gasteiger partial charge in [-0.05, 0) is 44.2 Å². The highest BCUT2D eigenvalue weighted by molar-refractivity contribution is 5.94. The van der Waals surface area contributed by atoms with E-state index < -0.39 is 5.67 Å². The second-order valence-corrected chi connectivity index (χ2v) is 5.97. The molecule has 2 aliphatic heterocycles. The monoisotopic (exact) mass is 277 g/mol. The Labute approximate surface area is 118 Å². The first-order valence-corrected chi connectivity index (χ1v) is 7.26. The van der Waals surface area contributed by atoms with E-state index in [-0.39, 0.29) is 5.91 Å². The van der Waals surface area contributed by atoms with E-state index in [1.165, 1.54) is 0 Å². The summed E-state index contributed by atoms with van der Waals surface area (Å²) in [6.45, 7) is 3.53. The first kappa shape index (κ1) is 13.3. The predicted molar refractivity (Wildman–Crippen MR) is 75.7 cm³/mol. The van der Waals surface area contributed by atoms with Crippen LogP contribution in [-0.2, 0) is 6.42 Å². The Hall–Kier alpha value is -1.65. The molecule has 108 valence electrons. The van der Waals surface area contributed by atoms with Gasteiger partial charge in [0.2, 0.25) is 0 Å². The Kier molecular flexibility index (Phi) is 3.36. The molecule has 0 unspecified atom stereocenters. The number of hydrogen-bond donors (Lipinski definition) is 1. The number of nitrogens with one attached hydrogen (secondary N) is 1. The van der Waals surface area contributed by atoms with E-state index >= 15 is 0 Å². The van der Waals surface area contributed by atoms with Crippen LogP contribution in [0.25, 0.3) is 0 Å². The lowest BCUT2D eigenvalue weighted by molar-refractivity contribution is 0.0503. The molecule has 0 spiro atoms. The van der Waals surface area contributed by atoms with Crippen LogP contribution in [0.15, 0.2) is 12.3 Å². The zero-order chi connectivity index (χ0) is 14.2. The first-order valence-electron chi connectivity index (χ1n) is 7.26. The number of hydrogen-bond acceptors (Lipinski definition) is 3. The molecule has 5 heteroatoms. The maximum atomic E-state index is 13.8. The number of carbonyl (C=O) groups excluding carboxylic acids is 1. The number of pyridine rings is 1. The van der Waals surface area contributed by atoms with Crippen molar-refractivity contribution in [1.29, 1.82) is 0 Å². The third kappa shape index (κ3) is 2.62. The van der Waals surface area contributed by atoms with Gasteiger partial charge in [0.15, 0.2) is 0 Å². The smallest absolute Gasteiger partial charge is 0.255 e. The van der Waals surface area contributed by atoms with E-state index in [2.05, 4.69) is 10.3 Å². The van der Waals surface area contributed by atoms with Crippen molar-refractivity contribution in [3.8, 4) is 0 Å². The molecule has 3 heterocycles. The number of carbonyl (C=O) groups is 1. The Balaban J connectivity index is 1.74. The second kappa shape index (κ2) is 5.04. The molecular formula is C15H20FN3O. The highest BCUT2D eigenvalue weighted by Gasteiger charge is 2.32. The summed E-state index contributed by atoms with van der Waals surface area (Å²) in [5.74, 6) is 0.865. The Morgan fingerprint density at radius 3 is 2.95 bits per heavy atom. The first-order chi connectivity index (χ1) is 9.55. The van der Waals surface area contributed by atoms with Gasteiger partial charge < -0.3 is 10.2 Å². The van der Waals surface area contributed by atoms with Crippen molar-refractivity contribution in [2.45, 2.75) is 38.3 Å². The van der Waals surface area contributed by atoms with E-state index in [1.807, 2.05) is 6.07 Å². The van der Waals surface area contributed by atoms with Gasteiger partial charge in [-0.3, -0.25) is 4.79 Å². The van der Waals surface area contributed by atoms with Crippen LogP contribution in [0.1, 0.15) is 42.1 Å². The number of rotatable bonds is 1. The zero-order valence-corrected chi connectivity index (χ0v) is 11.8. The van der Waals surface area contributed by atoms with Crippen molar-refractivity contribution in [1.82, 2.24) is 9.88 Å². The number of likely N-dealkylation sites (tertiary alicyclic amines) is 1. The minimum Gasteiger partial charge on any atom is -0.370 e. The van der Waals surface area contributed by atoms with E-state index in [4.69, 9.17) is 0 Å². The van der Waals surface area contributed by atoms with Gasteiger partial charge in [-0.15, -0.1) is 0 Å². The van der Waals surface area contributed by atoms with Crippen molar-refractivity contribution >= 4 is 11.7 Å². The number of piperidine rings is 1. The van der Waals surface area contributed by atoms with E-state index in [0.29, 0.717) is 31.5 Å². The molecule has 1 N–H and O–H groups in total. The summed E-state index contributed by atoms with van der Waals surface area (Å²) in [5.41, 5.74) is 0.596. The summed E-state index contributed by atoms with van der Waals surface area (Å²) >= 11 is 0. The van der Waals surface area contributed by atoms with Crippen molar-refractivity contribution < 1.29 is 9.18 Å². The van der Waals surface area contributed by atoms with Gasteiger partial charge in [-0.1, -0.05) is 0 Å². The molecule has 0 aliphatic carbocycles. The number of halogens is 1. The molecule has 0 aromatic carbocycles. The molecule has 0 atom stereocenters. The lowest BCUT2D eigenvalue weighted by atomic mass is 9.95. The number of aryl methyl sites for hydroxylation is 1. The van der Waals surface area contributed by atoms with E-state index in [1.54, 1.807) is 18.0 Å². The number of anilines is 1. The van der Waals surface area contributed by atoms with Crippen LogP contribution < -0.4 is 5.32 Å².